The largest absolute Gasteiger partial charge is 0.326 e. The normalized spacial score (nSPS) is 13.8. The monoisotopic (exact) mass is 386 g/mol. The van der Waals surface area contributed by atoms with Gasteiger partial charge in [0.15, 0.2) is 0 Å². The average Bonchev–Trinajstić information content (AvgIpc) is 2.67. The van der Waals surface area contributed by atoms with Crippen molar-refractivity contribution in [2.45, 2.75) is 50.3 Å². The van der Waals surface area contributed by atoms with Gasteiger partial charge in [-0.3, -0.25) is 4.79 Å². The van der Waals surface area contributed by atoms with E-state index in [-0.39, 0.29) is 18.9 Å². The van der Waals surface area contributed by atoms with Crippen molar-refractivity contribution in [3.05, 3.63) is 59.2 Å². The first kappa shape index (κ1) is 19.6. The number of sulfonamides is 1. The molecule has 2 N–H and O–H groups in total. The molecule has 6 heteroatoms. The predicted molar refractivity (Wildman–Crippen MR) is 107 cm³/mol. The van der Waals surface area contributed by atoms with Crippen LogP contribution in [0.15, 0.2) is 47.4 Å². The molecule has 0 heterocycles. The van der Waals surface area contributed by atoms with Crippen molar-refractivity contribution < 1.29 is 13.2 Å². The van der Waals surface area contributed by atoms with Gasteiger partial charge >= 0.3 is 0 Å². The van der Waals surface area contributed by atoms with E-state index < -0.39 is 10.0 Å². The summed E-state index contributed by atoms with van der Waals surface area (Å²) in [5.74, 6) is -0.119. The van der Waals surface area contributed by atoms with E-state index in [1.165, 1.54) is 12.0 Å². The van der Waals surface area contributed by atoms with Crippen molar-refractivity contribution in [2.75, 3.05) is 11.9 Å². The Balaban J connectivity index is 1.47. The minimum absolute atomic E-state index is 0.119. The molecule has 2 aromatic carbocycles. The van der Waals surface area contributed by atoms with E-state index in [9.17, 15) is 13.2 Å². The summed E-state index contributed by atoms with van der Waals surface area (Å²) in [6.45, 7) is 2.22. The van der Waals surface area contributed by atoms with Crippen molar-refractivity contribution in [1.29, 1.82) is 0 Å². The summed E-state index contributed by atoms with van der Waals surface area (Å²) in [4.78, 5) is 12.3. The van der Waals surface area contributed by atoms with Crippen molar-refractivity contribution in [3.8, 4) is 0 Å². The number of fused-ring (bicyclic) bond motifs is 1. The van der Waals surface area contributed by atoms with E-state index in [1.54, 1.807) is 12.1 Å². The Morgan fingerprint density at radius 2 is 1.70 bits per heavy atom. The Labute approximate surface area is 161 Å². The summed E-state index contributed by atoms with van der Waals surface area (Å²) in [5, 5.41) is 2.82. The molecule has 0 aliphatic heterocycles. The number of nitrogens with one attached hydrogen (secondary N) is 2. The smallest absolute Gasteiger partial charge is 0.240 e. The molecule has 0 bridgehead atoms. The highest BCUT2D eigenvalue weighted by molar-refractivity contribution is 7.89. The zero-order valence-electron chi connectivity index (χ0n) is 15.6. The zero-order chi connectivity index (χ0) is 19.3. The summed E-state index contributed by atoms with van der Waals surface area (Å²) in [5.41, 5.74) is 4.28. The number of aryl methyl sites for hydroxylation is 3. The molecule has 1 aliphatic rings. The number of carbonyl (C=O) groups is 1. The summed E-state index contributed by atoms with van der Waals surface area (Å²) in [6.07, 6.45) is 4.96. The maximum atomic E-state index is 12.5. The molecule has 0 fully saturated rings. The third-order valence-corrected chi connectivity index (χ3v) is 6.30. The van der Waals surface area contributed by atoms with Crippen LogP contribution in [0.3, 0.4) is 0 Å². The number of carbonyl (C=O) groups excluding carboxylic acids is 1. The fourth-order valence-electron chi connectivity index (χ4n) is 3.28. The van der Waals surface area contributed by atoms with Crippen LogP contribution in [-0.2, 0) is 27.7 Å². The fraction of sp³-hybridized carbons (Fsp3) is 0.381. The van der Waals surface area contributed by atoms with Crippen LogP contribution >= 0.6 is 0 Å². The summed E-state index contributed by atoms with van der Waals surface area (Å²) in [6, 6.07) is 13.0. The van der Waals surface area contributed by atoms with Crippen molar-refractivity contribution >= 4 is 21.6 Å². The van der Waals surface area contributed by atoms with Crippen LogP contribution in [0.2, 0.25) is 0 Å². The Morgan fingerprint density at radius 3 is 2.44 bits per heavy atom. The fourth-order valence-corrected chi connectivity index (χ4v) is 4.40. The maximum Gasteiger partial charge on any atom is 0.240 e. The first-order valence-electron chi connectivity index (χ1n) is 9.42. The Kier molecular flexibility index (Phi) is 6.29. The predicted octanol–water partition coefficient (Wildman–Crippen LogP) is 3.57. The molecule has 0 saturated heterocycles. The van der Waals surface area contributed by atoms with Crippen LogP contribution in [0, 0.1) is 6.92 Å². The SMILES string of the molecule is Cc1ccc(NC(=O)CCCNS(=O)(=O)c2ccc3c(c2)CCCC3)cc1. The molecule has 5 nitrogen and oxygen atoms in total. The first-order chi connectivity index (χ1) is 12.9. The Hall–Kier alpha value is -2.18. The summed E-state index contributed by atoms with van der Waals surface area (Å²) < 4.78 is 27.5. The number of rotatable bonds is 7. The van der Waals surface area contributed by atoms with Gasteiger partial charge in [0.05, 0.1) is 4.90 Å². The highest BCUT2D eigenvalue weighted by Gasteiger charge is 2.17. The molecule has 1 amide bonds. The van der Waals surface area contributed by atoms with Gasteiger partial charge in [0.25, 0.3) is 0 Å². The van der Waals surface area contributed by atoms with E-state index in [4.69, 9.17) is 0 Å². The van der Waals surface area contributed by atoms with Gasteiger partial charge in [-0.05, 0) is 74.4 Å². The molecule has 144 valence electrons. The van der Waals surface area contributed by atoms with E-state index in [2.05, 4.69) is 10.0 Å². The van der Waals surface area contributed by atoms with Crippen molar-refractivity contribution in [1.82, 2.24) is 4.72 Å². The van der Waals surface area contributed by atoms with Gasteiger partial charge < -0.3 is 5.32 Å². The first-order valence-corrected chi connectivity index (χ1v) is 10.9. The molecule has 2 aromatic rings. The molecular weight excluding hydrogens is 360 g/mol. The molecular formula is C21H26N2O3S. The summed E-state index contributed by atoms with van der Waals surface area (Å²) in [7, 11) is -3.54. The van der Waals surface area contributed by atoms with Crippen LogP contribution in [0.1, 0.15) is 42.4 Å². The lowest BCUT2D eigenvalue weighted by Gasteiger charge is -2.16. The summed E-state index contributed by atoms with van der Waals surface area (Å²) >= 11 is 0. The van der Waals surface area contributed by atoms with E-state index in [0.717, 1.165) is 36.1 Å². The van der Waals surface area contributed by atoms with E-state index in [0.29, 0.717) is 11.3 Å². The minimum Gasteiger partial charge on any atom is -0.326 e. The molecule has 1 aliphatic carbocycles. The molecule has 27 heavy (non-hydrogen) atoms. The molecule has 0 saturated carbocycles. The second-order valence-corrected chi connectivity index (χ2v) is 8.82. The Morgan fingerprint density at radius 1 is 1.00 bits per heavy atom. The average molecular weight is 387 g/mol. The van der Waals surface area contributed by atoms with Crippen LogP contribution in [0.25, 0.3) is 0 Å². The van der Waals surface area contributed by atoms with Gasteiger partial charge in [-0.25, -0.2) is 13.1 Å². The highest BCUT2D eigenvalue weighted by atomic mass is 32.2. The van der Waals surface area contributed by atoms with Gasteiger partial charge in [-0.1, -0.05) is 23.8 Å². The number of hydrogen-bond donors (Lipinski definition) is 2. The van der Waals surface area contributed by atoms with Crippen LogP contribution in [0.4, 0.5) is 5.69 Å². The Bertz CT molecular complexity index is 906. The lowest BCUT2D eigenvalue weighted by molar-refractivity contribution is -0.116. The van der Waals surface area contributed by atoms with Crippen LogP contribution in [-0.4, -0.2) is 20.9 Å². The molecule has 0 atom stereocenters. The topological polar surface area (TPSA) is 75.3 Å². The van der Waals surface area contributed by atoms with Crippen molar-refractivity contribution in [2.24, 2.45) is 0 Å². The number of amides is 1. The van der Waals surface area contributed by atoms with Gasteiger partial charge in [0, 0.05) is 18.7 Å². The van der Waals surface area contributed by atoms with Gasteiger partial charge in [-0.15, -0.1) is 0 Å². The molecule has 3 rings (SSSR count). The van der Waals surface area contributed by atoms with Gasteiger partial charge in [-0.2, -0.15) is 0 Å². The third kappa shape index (κ3) is 5.40. The standard InChI is InChI=1S/C21H26N2O3S/c1-16-8-11-19(12-9-16)23-21(24)7-4-14-22-27(25,26)20-13-10-17-5-2-3-6-18(17)15-20/h8-13,15,22H,2-7,14H2,1H3,(H,23,24). The molecule has 0 spiro atoms. The quantitative estimate of drug-likeness (QED) is 0.714. The van der Waals surface area contributed by atoms with Gasteiger partial charge in [0.1, 0.15) is 0 Å². The lowest BCUT2D eigenvalue weighted by atomic mass is 9.92. The van der Waals surface area contributed by atoms with E-state index in [1.807, 2.05) is 37.3 Å². The second-order valence-electron chi connectivity index (χ2n) is 7.05. The minimum atomic E-state index is -3.54. The number of hydrogen-bond acceptors (Lipinski definition) is 3. The second kappa shape index (κ2) is 8.67. The molecule has 0 unspecified atom stereocenters. The third-order valence-electron chi connectivity index (χ3n) is 4.84. The zero-order valence-corrected chi connectivity index (χ0v) is 16.4. The molecule has 0 aromatic heterocycles. The molecule has 0 radical (unpaired) electrons. The number of anilines is 1. The lowest BCUT2D eigenvalue weighted by Crippen LogP contribution is -2.26. The van der Waals surface area contributed by atoms with E-state index >= 15 is 0 Å². The van der Waals surface area contributed by atoms with Gasteiger partial charge in [0.2, 0.25) is 15.9 Å². The maximum absolute atomic E-state index is 12.5. The number of benzene rings is 2. The van der Waals surface area contributed by atoms with Crippen LogP contribution in [0.5, 0.6) is 0 Å². The van der Waals surface area contributed by atoms with Crippen molar-refractivity contribution in [3.63, 3.8) is 0 Å². The van der Waals surface area contributed by atoms with Crippen LogP contribution < -0.4 is 10.0 Å². The highest BCUT2D eigenvalue weighted by Crippen LogP contribution is 2.24.